The maximum absolute atomic E-state index is 13.0. The molecule has 0 saturated heterocycles. The fraction of sp³-hybridized carbons (Fsp3) is 0.571. The predicted molar refractivity (Wildman–Crippen MR) is 114 cm³/mol. The molecule has 0 aliphatic rings. The van der Waals surface area contributed by atoms with Crippen LogP contribution in [-0.2, 0) is 35.0 Å². The summed E-state index contributed by atoms with van der Waals surface area (Å²) in [7, 11) is 0. The van der Waals surface area contributed by atoms with Crippen molar-refractivity contribution < 1.29 is 28.6 Å². The second-order valence-corrected chi connectivity index (χ2v) is 8.90. The Labute approximate surface area is 185 Å². The molecular weight excluding hydrogens is 464 g/mol. The molecule has 0 bridgehead atoms. The van der Waals surface area contributed by atoms with Crippen molar-refractivity contribution in [3.8, 4) is 0 Å². The molecule has 0 amide bonds. The average Bonchev–Trinajstić information content (AvgIpc) is 2.57. The highest BCUT2D eigenvalue weighted by Crippen LogP contribution is 2.35. The van der Waals surface area contributed by atoms with Gasteiger partial charge in [-0.1, -0.05) is 17.7 Å². The van der Waals surface area contributed by atoms with Crippen molar-refractivity contribution in [3.63, 3.8) is 0 Å². The molecular formula is C21H28BrClO6. The summed E-state index contributed by atoms with van der Waals surface area (Å²) < 4.78 is 16.3. The van der Waals surface area contributed by atoms with Gasteiger partial charge in [0.2, 0.25) is 0 Å². The van der Waals surface area contributed by atoms with Crippen molar-refractivity contribution in [2.45, 2.75) is 60.0 Å². The zero-order valence-electron chi connectivity index (χ0n) is 17.7. The van der Waals surface area contributed by atoms with Gasteiger partial charge in [0.05, 0.1) is 24.7 Å². The van der Waals surface area contributed by atoms with E-state index < -0.39 is 35.3 Å². The number of hydrogen-bond donors (Lipinski definition) is 0. The Kier molecular flexibility index (Phi) is 9.15. The molecule has 1 aromatic rings. The van der Waals surface area contributed by atoms with Crippen LogP contribution < -0.4 is 0 Å². The second-order valence-electron chi connectivity index (χ2n) is 7.67. The normalized spacial score (nSPS) is 11.7. The Bertz CT molecular complexity index is 728. The Balaban J connectivity index is 3.48. The van der Waals surface area contributed by atoms with E-state index in [2.05, 4.69) is 15.9 Å². The fourth-order valence-corrected chi connectivity index (χ4v) is 3.56. The zero-order chi connectivity index (χ0) is 22.4. The molecule has 0 fully saturated rings. The molecule has 29 heavy (non-hydrogen) atoms. The number of rotatable bonds is 8. The minimum absolute atomic E-state index is 0.0532. The van der Waals surface area contributed by atoms with Gasteiger partial charge in [0.1, 0.15) is 5.60 Å². The van der Waals surface area contributed by atoms with Crippen LogP contribution in [0.5, 0.6) is 0 Å². The van der Waals surface area contributed by atoms with Crippen molar-refractivity contribution in [3.05, 3.63) is 32.8 Å². The first-order valence-corrected chi connectivity index (χ1v) is 10.5. The molecule has 1 aromatic carbocycles. The molecule has 0 radical (unpaired) electrons. The molecule has 0 unspecified atom stereocenters. The first-order chi connectivity index (χ1) is 13.4. The molecule has 0 saturated carbocycles. The van der Waals surface area contributed by atoms with E-state index in [0.29, 0.717) is 15.1 Å². The number of carbonyl (C=O) groups is 3. The van der Waals surface area contributed by atoms with Crippen LogP contribution in [0.25, 0.3) is 0 Å². The molecule has 0 N–H and O–H groups in total. The summed E-state index contributed by atoms with van der Waals surface area (Å²) in [5.74, 6) is -2.34. The number of benzene rings is 1. The summed E-state index contributed by atoms with van der Waals surface area (Å²) in [5, 5.41) is 0.527. The van der Waals surface area contributed by atoms with Gasteiger partial charge >= 0.3 is 17.9 Å². The van der Waals surface area contributed by atoms with Crippen LogP contribution in [0.2, 0.25) is 5.02 Å². The molecule has 0 spiro atoms. The quantitative estimate of drug-likeness (QED) is 0.295. The minimum Gasteiger partial charge on any atom is -0.465 e. The fourth-order valence-electron chi connectivity index (χ4n) is 2.85. The van der Waals surface area contributed by atoms with Crippen molar-refractivity contribution in [2.24, 2.45) is 5.41 Å². The lowest BCUT2D eigenvalue weighted by atomic mass is 9.78. The molecule has 8 heteroatoms. The molecule has 162 valence electrons. The number of hydrogen-bond acceptors (Lipinski definition) is 6. The van der Waals surface area contributed by atoms with Crippen molar-refractivity contribution in [2.75, 3.05) is 13.2 Å². The lowest BCUT2D eigenvalue weighted by molar-refractivity contribution is -0.179. The van der Waals surface area contributed by atoms with Crippen molar-refractivity contribution >= 4 is 45.4 Å². The van der Waals surface area contributed by atoms with Crippen LogP contribution in [0.3, 0.4) is 0 Å². The predicted octanol–water partition coefficient (Wildman–Crippen LogP) is 4.80. The molecule has 1 rings (SSSR count). The van der Waals surface area contributed by atoms with Crippen molar-refractivity contribution in [1.29, 1.82) is 0 Å². The number of aryl methyl sites for hydroxylation is 1. The first kappa shape index (κ1) is 25.4. The summed E-state index contributed by atoms with van der Waals surface area (Å²) in [6.45, 7) is 10.3. The van der Waals surface area contributed by atoms with Gasteiger partial charge in [0.25, 0.3) is 0 Å². The van der Waals surface area contributed by atoms with Gasteiger partial charge < -0.3 is 14.2 Å². The summed E-state index contributed by atoms with van der Waals surface area (Å²) in [6.07, 6.45) is -0.595. The number of halogens is 2. The molecule has 6 nitrogen and oxygen atoms in total. The van der Waals surface area contributed by atoms with E-state index in [9.17, 15) is 14.4 Å². The van der Waals surface area contributed by atoms with E-state index >= 15 is 0 Å². The summed E-state index contributed by atoms with van der Waals surface area (Å²) >= 11 is 9.57. The topological polar surface area (TPSA) is 78.9 Å². The van der Waals surface area contributed by atoms with Gasteiger partial charge in [-0.15, -0.1) is 0 Å². The minimum atomic E-state index is -1.87. The molecule has 0 atom stereocenters. The molecule has 0 heterocycles. The lowest BCUT2D eigenvalue weighted by Gasteiger charge is -2.30. The number of carbonyl (C=O) groups excluding carboxylic acids is 3. The van der Waals surface area contributed by atoms with Gasteiger partial charge in [-0.05, 0) is 81.1 Å². The van der Waals surface area contributed by atoms with E-state index in [1.54, 1.807) is 53.7 Å². The van der Waals surface area contributed by atoms with E-state index in [1.807, 2.05) is 0 Å². The van der Waals surface area contributed by atoms with Gasteiger partial charge in [0.15, 0.2) is 5.41 Å². The molecule has 0 aromatic heterocycles. The van der Waals surface area contributed by atoms with Crippen LogP contribution in [0.4, 0.5) is 0 Å². The molecule has 0 aliphatic heterocycles. The van der Waals surface area contributed by atoms with Crippen LogP contribution >= 0.6 is 27.5 Å². The Morgan fingerprint density at radius 1 is 1.03 bits per heavy atom. The van der Waals surface area contributed by atoms with Crippen LogP contribution in [-0.4, -0.2) is 36.7 Å². The SMILES string of the molecule is CCOC(=O)C(CC(=O)OC(C)(C)C)(Cc1cc(C)c(Cl)c(Br)c1)C(=O)OCC. The van der Waals surface area contributed by atoms with Crippen LogP contribution in [0.15, 0.2) is 16.6 Å². The van der Waals surface area contributed by atoms with Crippen molar-refractivity contribution in [1.82, 2.24) is 0 Å². The highest BCUT2D eigenvalue weighted by atomic mass is 79.9. The number of ether oxygens (including phenoxy) is 3. The van der Waals surface area contributed by atoms with Gasteiger partial charge in [-0.2, -0.15) is 0 Å². The van der Waals surface area contributed by atoms with Gasteiger partial charge in [0, 0.05) is 4.47 Å². The third-order valence-electron chi connectivity index (χ3n) is 3.97. The van der Waals surface area contributed by atoms with Crippen LogP contribution in [0.1, 0.15) is 52.2 Å². The Morgan fingerprint density at radius 3 is 1.97 bits per heavy atom. The Hall–Kier alpha value is -1.60. The highest BCUT2D eigenvalue weighted by molar-refractivity contribution is 9.10. The smallest absolute Gasteiger partial charge is 0.324 e. The summed E-state index contributed by atoms with van der Waals surface area (Å²) in [6, 6.07) is 3.47. The summed E-state index contributed by atoms with van der Waals surface area (Å²) in [5.41, 5.74) is -1.25. The number of esters is 3. The summed E-state index contributed by atoms with van der Waals surface area (Å²) in [4.78, 5) is 38.5. The first-order valence-electron chi connectivity index (χ1n) is 9.37. The van der Waals surface area contributed by atoms with Gasteiger partial charge in [-0.25, -0.2) is 0 Å². The largest absolute Gasteiger partial charge is 0.465 e. The third-order valence-corrected chi connectivity index (χ3v) is 5.33. The average molecular weight is 492 g/mol. The second kappa shape index (κ2) is 10.4. The van der Waals surface area contributed by atoms with E-state index in [1.165, 1.54) is 0 Å². The third kappa shape index (κ3) is 7.00. The standard InChI is InChI=1S/C21H28BrClO6/c1-7-27-18(25)21(19(26)28-8-2,12-16(24)29-20(4,5)6)11-14-9-13(3)17(23)15(22)10-14/h9-10H,7-8,11-12H2,1-6H3. The van der Waals surface area contributed by atoms with Gasteiger partial charge in [-0.3, -0.25) is 14.4 Å². The maximum atomic E-state index is 13.0. The zero-order valence-corrected chi connectivity index (χ0v) is 20.0. The van der Waals surface area contributed by atoms with E-state index in [0.717, 1.165) is 5.56 Å². The monoisotopic (exact) mass is 490 g/mol. The molecule has 0 aliphatic carbocycles. The highest BCUT2D eigenvalue weighted by Gasteiger charge is 2.51. The maximum Gasteiger partial charge on any atom is 0.324 e. The lowest BCUT2D eigenvalue weighted by Crippen LogP contribution is -2.46. The Morgan fingerprint density at radius 2 is 1.55 bits per heavy atom. The van der Waals surface area contributed by atoms with Crippen LogP contribution in [0, 0.1) is 12.3 Å². The van der Waals surface area contributed by atoms with E-state index in [-0.39, 0.29) is 19.6 Å². The van der Waals surface area contributed by atoms with E-state index in [4.69, 9.17) is 25.8 Å².